The van der Waals surface area contributed by atoms with Gasteiger partial charge in [0.05, 0.1) is 10.6 Å². The van der Waals surface area contributed by atoms with Gasteiger partial charge in [0.2, 0.25) is 0 Å². The maximum atomic E-state index is 12.4. The first-order chi connectivity index (χ1) is 14.0. The van der Waals surface area contributed by atoms with Crippen molar-refractivity contribution in [3.8, 4) is 0 Å². The molecule has 0 aliphatic heterocycles. The number of carbonyl (C=O) groups is 1. The van der Waals surface area contributed by atoms with Crippen LogP contribution in [0.4, 0.5) is 21.3 Å². The van der Waals surface area contributed by atoms with Gasteiger partial charge in [-0.1, -0.05) is 36.4 Å². The normalized spacial score (nSPS) is 11.2. The van der Waals surface area contributed by atoms with Crippen molar-refractivity contribution in [2.45, 2.75) is 4.90 Å². The van der Waals surface area contributed by atoms with Crippen LogP contribution >= 0.6 is 11.3 Å². The molecule has 0 atom stereocenters. The topological polar surface area (TPSA) is 100 Å². The Morgan fingerprint density at radius 1 is 0.897 bits per heavy atom. The van der Waals surface area contributed by atoms with E-state index in [-0.39, 0.29) is 4.90 Å². The number of nitrogens with zero attached hydrogens (tertiary/aromatic N) is 1. The summed E-state index contributed by atoms with van der Waals surface area (Å²) in [5, 5.41) is 9.45. The first-order valence-electron chi connectivity index (χ1n) is 8.59. The van der Waals surface area contributed by atoms with E-state index in [0.29, 0.717) is 16.5 Å². The summed E-state index contributed by atoms with van der Waals surface area (Å²) in [6.45, 7) is 0. The van der Waals surface area contributed by atoms with Crippen molar-refractivity contribution in [2.75, 3.05) is 15.4 Å². The number of anilines is 3. The largest absolute Gasteiger partial charge is 0.323 e. The zero-order chi connectivity index (χ0) is 20.3. The van der Waals surface area contributed by atoms with Crippen LogP contribution in [-0.2, 0) is 10.0 Å². The number of hydrogen-bond acceptors (Lipinski definition) is 5. The van der Waals surface area contributed by atoms with Gasteiger partial charge < -0.3 is 10.6 Å². The maximum Gasteiger partial charge on any atom is 0.323 e. The molecule has 9 heteroatoms. The molecular weight excluding hydrogens is 408 g/mol. The molecule has 2 amide bonds. The van der Waals surface area contributed by atoms with Crippen LogP contribution in [0.3, 0.4) is 0 Å². The van der Waals surface area contributed by atoms with Gasteiger partial charge in [0.25, 0.3) is 10.0 Å². The summed E-state index contributed by atoms with van der Waals surface area (Å²) in [6, 6.07) is 18.9. The average molecular weight is 425 g/mol. The quantitative estimate of drug-likeness (QED) is 0.431. The minimum Gasteiger partial charge on any atom is -0.308 e. The Kier molecular flexibility index (Phi) is 5.15. The number of sulfonamides is 1. The molecule has 0 saturated carbocycles. The summed E-state index contributed by atoms with van der Waals surface area (Å²) < 4.78 is 27.1. The molecule has 146 valence electrons. The Morgan fingerprint density at radius 2 is 1.66 bits per heavy atom. The van der Waals surface area contributed by atoms with Crippen LogP contribution in [-0.4, -0.2) is 19.4 Å². The van der Waals surface area contributed by atoms with E-state index in [2.05, 4.69) is 20.3 Å². The molecule has 7 nitrogen and oxygen atoms in total. The third kappa shape index (κ3) is 4.36. The average Bonchev–Trinajstić information content (AvgIpc) is 3.21. The lowest BCUT2D eigenvalue weighted by Crippen LogP contribution is -2.19. The number of thiazole rings is 1. The van der Waals surface area contributed by atoms with Gasteiger partial charge in [-0.15, -0.1) is 11.3 Å². The Balaban J connectivity index is 1.45. The number of benzene rings is 3. The summed E-state index contributed by atoms with van der Waals surface area (Å²) in [5.74, 6) is 0. The third-order valence-electron chi connectivity index (χ3n) is 4.11. The number of rotatable bonds is 5. The van der Waals surface area contributed by atoms with E-state index in [1.165, 1.54) is 41.8 Å². The van der Waals surface area contributed by atoms with Crippen molar-refractivity contribution in [3.05, 3.63) is 78.3 Å². The lowest BCUT2D eigenvalue weighted by Gasteiger charge is -2.11. The second-order valence-corrected chi connectivity index (χ2v) is 8.65. The molecule has 4 rings (SSSR count). The van der Waals surface area contributed by atoms with Gasteiger partial charge in [0.1, 0.15) is 0 Å². The predicted octanol–water partition coefficient (Wildman–Crippen LogP) is 4.74. The van der Waals surface area contributed by atoms with Crippen LogP contribution in [0, 0.1) is 0 Å². The molecule has 0 unspecified atom stereocenters. The predicted molar refractivity (Wildman–Crippen MR) is 116 cm³/mol. The highest BCUT2D eigenvalue weighted by atomic mass is 32.2. The summed E-state index contributed by atoms with van der Waals surface area (Å²) in [7, 11) is -3.73. The molecule has 3 aromatic carbocycles. The number of hydrogen-bond donors (Lipinski definition) is 3. The highest BCUT2D eigenvalue weighted by molar-refractivity contribution is 7.93. The van der Waals surface area contributed by atoms with Gasteiger partial charge in [-0.05, 0) is 35.7 Å². The van der Waals surface area contributed by atoms with Crippen molar-refractivity contribution in [1.29, 1.82) is 0 Å². The van der Waals surface area contributed by atoms with E-state index in [9.17, 15) is 13.2 Å². The van der Waals surface area contributed by atoms with Crippen molar-refractivity contribution in [1.82, 2.24) is 4.98 Å². The van der Waals surface area contributed by atoms with E-state index in [0.717, 1.165) is 10.8 Å². The SMILES string of the molecule is O=C(Nc1ccc(S(=O)(=O)Nc2nccs2)cc1)Nc1cccc2ccccc12. The standard InChI is InChI=1S/C20H16N4O3S2/c25-19(23-18-7-3-5-14-4-1-2-6-17(14)18)22-15-8-10-16(11-9-15)29(26,27)24-20-21-12-13-28-20/h1-13H,(H,21,24)(H2,22,23,25). The molecule has 1 aromatic heterocycles. The van der Waals surface area contributed by atoms with Gasteiger partial charge in [0.15, 0.2) is 5.13 Å². The number of carbonyl (C=O) groups excluding carboxylic acids is 1. The monoisotopic (exact) mass is 424 g/mol. The Hall–Kier alpha value is -3.43. The zero-order valence-corrected chi connectivity index (χ0v) is 16.6. The van der Waals surface area contributed by atoms with Gasteiger partial charge in [-0.2, -0.15) is 0 Å². The Labute approximate surface area is 171 Å². The molecule has 0 radical (unpaired) electrons. The highest BCUT2D eigenvalue weighted by Gasteiger charge is 2.15. The zero-order valence-electron chi connectivity index (χ0n) is 15.0. The first kappa shape index (κ1) is 18.9. The Morgan fingerprint density at radius 3 is 2.41 bits per heavy atom. The molecule has 0 bridgehead atoms. The van der Waals surface area contributed by atoms with Gasteiger partial charge >= 0.3 is 6.03 Å². The van der Waals surface area contributed by atoms with E-state index in [4.69, 9.17) is 0 Å². The highest BCUT2D eigenvalue weighted by Crippen LogP contribution is 2.23. The van der Waals surface area contributed by atoms with Crippen molar-refractivity contribution >= 4 is 54.7 Å². The maximum absolute atomic E-state index is 12.4. The fourth-order valence-corrected chi connectivity index (χ4v) is 4.57. The van der Waals surface area contributed by atoms with Crippen LogP contribution in [0.25, 0.3) is 10.8 Å². The van der Waals surface area contributed by atoms with Gasteiger partial charge in [-0.25, -0.2) is 18.2 Å². The first-order valence-corrected chi connectivity index (χ1v) is 11.0. The van der Waals surface area contributed by atoms with Gasteiger partial charge in [0, 0.05) is 22.7 Å². The Bertz CT molecular complexity index is 1250. The lowest BCUT2D eigenvalue weighted by atomic mass is 10.1. The molecular formula is C20H16N4O3S2. The number of aromatic nitrogens is 1. The number of fused-ring (bicyclic) bond motifs is 1. The van der Waals surface area contributed by atoms with E-state index in [1.807, 2.05) is 42.5 Å². The van der Waals surface area contributed by atoms with Crippen molar-refractivity contribution in [3.63, 3.8) is 0 Å². The molecule has 3 N–H and O–H groups in total. The number of urea groups is 1. The summed E-state index contributed by atoms with van der Waals surface area (Å²) in [4.78, 5) is 16.3. The molecule has 0 spiro atoms. The molecule has 0 saturated heterocycles. The van der Waals surface area contributed by atoms with Gasteiger partial charge in [-0.3, -0.25) is 4.72 Å². The lowest BCUT2D eigenvalue weighted by molar-refractivity contribution is 0.262. The fraction of sp³-hybridized carbons (Fsp3) is 0. The molecule has 0 fully saturated rings. The van der Waals surface area contributed by atoms with E-state index < -0.39 is 16.1 Å². The molecule has 1 heterocycles. The van der Waals surface area contributed by atoms with E-state index >= 15 is 0 Å². The molecule has 0 aliphatic carbocycles. The third-order valence-corrected chi connectivity index (χ3v) is 6.29. The van der Waals surface area contributed by atoms with Crippen LogP contribution in [0.2, 0.25) is 0 Å². The number of amides is 2. The molecule has 0 aliphatic rings. The summed E-state index contributed by atoms with van der Waals surface area (Å²) in [5.41, 5.74) is 1.16. The smallest absolute Gasteiger partial charge is 0.308 e. The second-order valence-electron chi connectivity index (χ2n) is 6.07. The summed E-state index contributed by atoms with van der Waals surface area (Å²) in [6.07, 6.45) is 1.52. The fourth-order valence-electron chi connectivity index (χ4n) is 2.78. The van der Waals surface area contributed by atoms with Crippen LogP contribution in [0.15, 0.2) is 83.2 Å². The number of nitrogens with one attached hydrogen (secondary N) is 3. The second kappa shape index (κ2) is 7.90. The van der Waals surface area contributed by atoms with Crippen LogP contribution < -0.4 is 15.4 Å². The molecule has 4 aromatic rings. The van der Waals surface area contributed by atoms with Crippen molar-refractivity contribution in [2.24, 2.45) is 0 Å². The van der Waals surface area contributed by atoms with E-state index in [1.54, 1.807) is 5.38 Å². The summed E-state index contributed by atoms with van der Waals surface area (Å²) >= 11 is 1.19. The van der Waals surface area contributed by atoms with Crippen LogP contribution in [0.1, 0.15) is 0 Å². The molecule has 29 heavy (non-hydrogen) atoms. The van der Waals surface area contributed by atoms with Crippen LogP contribution in [0.5, 0.6) is 0 Å². The van der Waals surface area contributed by atoms with Crippen molar-refractivity contribution < 1.29 is 13.2 Å². The minimum atomic E-state index is -3.73. The minimum absolute atomic E-state index is 0.0766.